The number of aromatic nitrogens is 3. The molecule has 0 fully saturated rings. The van der Waals surface area contributed by atoms with Gasteiger partial charge in [0.2, 0.25) is 5.91 Å². The Balaban J connectivity index is 1.38. The molecule has 0 bridgehead atoms. The first-order chi connectivity index (χ1) is 15.5. The predicted molar refractivity (Wildman–Crippen MR) is 127 cm³/mol. The Kier molecular flexibility index (Phi) is 6.84. The molecule has 2 heterocycles. The van der Waals surface area contributed by atoms with Crippen LogP contribution in [0.2, 0.25) is 10.0 Å². The third-order valence-corrected chi connectivity index (χ3v) is 5.80. The van der Waals surface area contributed by atoms with Crippen LogP contribution in [0.4, 0.5) is 10.8 Å². The summed E-state index contributed by atoms with van der Waals surface area (Å²) in [6, 6.07) is 11.9. The molecule has 2 amide bonds. The maximum absolute atomic E-state index is 12.7. The highest BCUT2D eigenvalue weighted by atomic mass is 35.5. The molecule has 2 aromatic carbocycles. The second kappa shape index (κ2) is 9.95. The van der Waals surface area contributed by atoms with Crippen molar-refractivity contribution in [1.82, 2.24) is 14.5 Å². The molecule has 4 aromatic rings. The lowest BCUT2D eigenvalue weighted by Gasteiger charge is -2.08. The van der Waals surface area contributed by atoms with Gasteiger partial charge in [-0.1, -0.05) is 29.3 Å². The van der Waals surface area contributed by atoms with Crippen LogP contribution in [0, 0.1) is 0 Å². The van der Waals surface area contributed by atoms with Crippen molar-refractivity contribution in [1.29, 1.82) is 0 Å². The third kappa shape index (κ3) is 5.53. The molecule has 2 N–H and O–H groups in total. The second-order valence-electron chi connectivity index (χ2n) is 6.80. The molecule has 4 rings (SSSR count). The zero-order valence-corrected chi connectivity index (χ0v) is 18.9. The minimum atomic E-state index is -0.331. The highest BCUT2D eigenvalue weighted by Gasteiger charge is 2.13. The van der Waals surface area contributed by atoms with Gasteiger partial charge in [-0.25, -0.2) is 9.97 Å². The minimum Gasteiger partial charge on any atom is -0.337 e. The van der Waals surface area contributed by atoms with Crippen molar-refractivity contribution in [2.75, 3.05) is 10.6 Å². The number of imidazole rings is 1. The Morgan fingerprint density at radius 3 is 2.75 bits per heavy atom. The molecule has 0 unspecified atom stereocenters. The molecule has 0 saturated heterocycles. The Morgan fingerprint density at radius 2 is 1.97 bits per heavy atom. The van der Waals surface area contributed by atoms with E-state index in [9.17, 15) is 9.59 Å². The fourth-order valence-electron chi connectivity index (χ4n) is 2.93. The molecule has 0 radical (unpaired) electrons. The number of benzene rings is 2. The van der Waals surface area contributed by atoms with Gasteiger partial charge < -0.3 is 9.88 Å². The predicted octanol–water partition coefficient (Wildman–Crippen LogP) is 5.59. The molecule has 0 aliphatic carbocycles. The molecule has 0 aliphatic heterocycles. The topological polar surface area (TPSA) is 88.9 Å². The molecule has 0 atom stereocenters. The number of hydrogen-bond acceptors (Lipinski definition) is 5. The van der Waals surface area contributed by atoms with Gasteiger partial charge in [-0.05, 0) is 36.4 Å². The molecule has 7 nitrogen and oxygen atoms in total. The Hall–Kier alpha value is -3.20. The second-order valence-corrected chi connectivity index (χ2v) is 8.50. The van der Waals surface area contributed by atoms with E-state index in [0.717, 1.165) is 5.56 Å². The van der Waals surface area contributed by atoms with E-state index in [1.54, 1.807) is 61.2 Å². The molecule has 0 spiro atoms. The Bertz CT molecular complexity index is 1260. The van der Waals surface area contributed by atoms with Crippen LogP contribution in [0.3, 0.4) is 0 Å². The van der Waals surface area contributed by atoms with Crippen molar-refractivity contribution in [2.24, 2.45) is 0 Å². The van der Waals surface area contributed by atoms with Crippen molar-refractivity contribution < 1.29 is 9.59 Å². The van der Waals surface area contributed by atoms with Gasteiger partial charge in [0, 0.05) is 52.6 Å². The zero-order chi connectivity index (χ0) is 22.5. The SMILES string of the molecule is O=C(CCn1ccnc1)Nc1cccc(C(=O)Nc2nc(-c3ccc(Cl)cc3Cl)cs2)c1. The summed E-state index contributed by atoms with van der Waals surface area (Å²) in [7, 11) is 0. The number of rotatable bonds is 7. The van der Waals surface area contributed by atoms with Gasteiger partial charge in [0.25, 0.3) is 5.91 Å². The van der Waals surface area contributed by atoms with Crippen molar-refractivity contribution in [2.45, 2.75) is 13.0 Å². The molecule has 10 heteroatoms. The minimum absolute atomic E-state index is 0.152. The molecule has 32 heavy (non-hydrogen) atoms. The van der Waals surface area contributed by atoms with Crippen molar-refractivity contribution in [3.63, 3.8) is 0 Å². The van der Waals surface area contributed by atoms with E-state index in [2.05, 4.69) is 20.6 Å². The average molecular weight is 486 g/mol. The number of carbonyl (C=O) groups is 2. The number of halogens is 2. The third-order valence-electron chi connectivity index (χ3n) is 4.50. The van der Waals surface area contributed by atoms with Crippen LogP contribution >= 0.6 is 34.5 Å². The Labute approximate surface area is 198 Å². The van der Waals surface area contributed by atoms with Gasteiger partial charge in [-0.3, -0.25) is 14.9 Å². The van der Waals surface area contributed by atoms with Gasteiger partial charge in [0.15, 0.2) is 5.13 Å². The summed E-state index contributed by atoms with van der Waals surface area (Å²) in [4.78, 5) is 33.3. The number of carbonyl (C=O) groups excluding carboxylic acids is 2. The van der Waals surface area contributed by atoms with E-state index in [1.807, 2.05) is 9.95 Å². The number of nitrogens with one attached hydrogen (secondary N) is 2. The molecular formula is C22H17Cl2N5O2S. The van der Waals surface area contributed by atoms with Gasteiger partial charge in [0.05, 0.1) is 17.0 Å². The van der Waals surface area contributed by atoms with Crippen LogP contribution in [0.5, 0.6) is 0 Å². The lowest BCUT2D eigenvalue weighted by atomic mass is 10.2. The molecule has 162 valence electrons. The van der Waals surface area contributed by atoms with Gasteiger partial charge in [-0.2, -0.15) is 0 Å². The maximum atomic E-state index is 12.7. The summed E-state index contributed by atoms with van der Waals surface area (Å²) < 4.78 is 1.82. The monoisotopic (exact) mass is 485 g/mol. The van der Waals surface area contributed by atoms with Gasteiger partial charge >= 0.3 is 0 Å². The largest absolute Gasteiger partial charge is 0.337 e. The molecule has 2 aromatic heterocycles. The molecule has 0 aliphatic rings. The van der Waals surface area contributed by atoms with Crippen LogP contribution in [0.1, 0.15) is 16.8 Å². The van der Waals surface area contributed by atoms with Crippen molar-refractivity contribution in [3.8, 4) is 11.3 Å². The van der Waals surface area contributed by atoms with E-state index in [-0.39, 0.29) is 11.8 Å². The summed E-state index contributed by atoms with van der Waals surface area (Å²) in [5.41, 5.74) is 2.32. The van der Waals surface area contributed by atoms with Crippen LogP contribution < -0.4 is 10.6 Å². The summed E-state index contributed by atoms with van der Waals surface area (Å²) in [6.45, 7) is 0.524. The summed E-state index contributed by atoms with van der Waals surface area (Å²) in [6.07, 6.45) is 5.41. The zero-order valence-electron chi connectivity index (χ0n) is 16.6. The highest BCUT2D eigenvalue weighted by molar-refractivity contribution is 7.14. The summed E-state index contributed by atoms with van der Waals surface area (Å²) in [5, 5.41) is 8.85. The number of aryl methyl sites for hydroxylation is 1. The van der Waals surface area contributed by atoms with Crippen LogP contribution in [-0.4, -0.2) is 26.3 Å². The van der Waals surface area contributed by atoms with Crippen molar-refractivity contribution in [3.05, 3.63) is 82.2 Å². The number of anilines is 2. The lowest BCUT2D eigenvalue weighted by molar-refractivity contribution is -0.116. The fraction of sp³-hybridized carbons (Fsp3) is 0.0909. The van der Waals surface area contributed by atoms with E-state index in [1.165, 1.54) is 11.3 Å². The first-order valence-electron chi connectivity index (χ1n) is 9.56. The molecular weight excluding hydrogens is 469 g/mol. The van der Waals surface area contributed by atoms with Crippen LogP contribution in [0.15, 0.2) is 66.6 Å². The van der Waals surface area contributed by atoms with E-state index >= 15 is 0 Å². The number of nitrogens with zero attached hydrogens (tertiary/aromatic N) is 3. The van der Waals surface area contributed by atoms with E-state index < -0.39 is 0 Å². The fourth-order valence-corrected chi connectivity index (χ4v) is 4.14. The first kappa shape index (κ1) is 22.0. The normalized spacial score (nSPS) is 10.7. The standard InChI is InChI=1S/C22H17Cl2N5O2S/c23-15-4-5-17(18(24)11-15)19-12-32-22(27-19)28-21(31)14-2-1-3-16(10-14)26-20(30)6-8-29-9-7-25-13-29/h1-5,7,9-13H,6,8H2,(H,26,30)(H,27,28,31). The highest BCUT2D eigenvalue weighted by Crippen LogP contribution is 2.32. The number of hydrogen-bond donors (Lipinski definition) is 2. The quantitative estimate of drug-likeness (QED) is 0.356. The average Bonchev–Trinajstić information content (AvgIpc) is 3.45. The van der Waals surface area contributed by atoms with E-state index in [4.69, 9.17) is 23.2 Å². The van der Waals surface area contributed by atoms with E-state index in [0.29, 0.717) is 45.1 Å². The Morgan fingerprint density at radius 1 is 1.09 bits per heavy atom. The van der Waals surface area contributed by atoms with Crippen molar-refractivity contribution >= 4 is 57.2 Å². The van der Waals surface area contributed by atoms with Gasteiger partial charge in [0.1, 0.15) is 0 Å². The van der Waals surface area contributed by atoms with Gasteiger partial charge in [-0.15, -0.1) is 11.3 Å². The first-order valence-corrected chi connectivity index (χ1v) is 11.2. The smallest absolute Gasteiger partial charge is 0.257 e. The lowest BCUT2D eigenvalue weighted by Crippen LogP contribution is -2.15. The van der Waals surface area contributed by atoms with Crippen LogP contribution in [0.25, 0.3) is 11.3 Å². The summed E-state index contributed by atoms with van der Waals surface area (Å²) in [5.74, 6) is -0.483. The van der Waals surface area contributed by atoms with Crippen LogP contribution in [-0.2, 0) is 11.3 Å². The molecule has 0 saturated carbocycles. The maximum Gasteiger partial charge on any atom is 0.257 e. The number of amides is 2. The number of thiazole rings is 1. The summed E-state index contributed by atoms with van der Waals surface area (Å²) >= 11 is 13.5.